The highest BCUT2D eigenvalue weighted by molar-refractivity contribution is 5.46. The monoisotopic (exact) mass is 166 g/mol. The van der Waals surface area contributed by atoms with E-state index in [1.54, 1.807) is 0 Å². The summed E-state index contributed by atoms with van der Waals surface area (Å²) in [5.74, 6) is 0. The number of para-hydroxylation sites is 1. The molecule has 3 nitrogen and oxygen atoms in total. The van der Waals surface area contributed by atoms with Gasteiger partial charge in [-0.15, -0.1) is 0 Å². The molecule has 1 fully saturated rings. The van der Waals surface area contributed by atoms with Crippen LogP contribution in [0.15, 0.2) is 30.3 Å². The number of benzene rings is 1. The van der Waals surface area contributed by atoms with Crippen molar-refractivity contribution in [1.82, 2.24) is 5.32 Å². The van der Waals surface area contributed by atoms with Gasteiger partial charge in [0, 0.05) is 18.8 Å². The Morgan fingerprint density at radius 1 is 1.17 bits per heavy atom. The molecular weight excluding hydrogens is 152 g/mol. The lowest BCUT2D eigenvalue weighted by Crippen LogP contribution is -2.20. The van der Waals surface area contributed by atoms with Crippen molar-refractivity contribution >= 4 is 5.69 Å². The fourth-order valence-electron chi connectivity index (χ4n) is 1.37. The highest BCUT2D eigenvalue weighted by Gasteiger charge is 2.09. The summed E-state index contributed by atoms with van der Waals surface area (Å²) in [6.45, 7) is 3.23. The topological polar surface area (TPSA) is 46.8 Å². The molecule has 0 amide bonds. The zero-order valence-corrected chi connectivity index (χ0v) is 6.96. The smallest absolute Gasteiger partial charge is 0.0683 e. The van der Waals surface area contributed by atoms with Crippen molar-refractivity contribution in [3.05, 3.63) is 30.3 Å². The van der Waals surface area contributed by atoms with Crippen LogP contribution in [0.2, 0.25) is 0 Å². The van der Waals surface area contributed by atoms with Crippen LogP contribution in [-0.4, -0.2) is 25.2 Å². The van der Waals surface area contributed by atoms with Crippen molar-refractivity contribution in [3.63, 3.8) is 0 Å². The first-order valence-electron chi connectivity index (χ1n) is 3.97. The molecule has 1 aliphatic heterocycles. The summed E-state index contributed by atoms with van der Waals surface area (Å²) >= 11 is 0. The van der Waals surface area contributed by atoms with E-state index in [1.165, 1.54) is 5.69 Å². The second-order valence-corrected chi connectivity index (χ2v) is 2.76. The Balaban J connectivity index is 0.000000720. The first-order chi connectivity index (χ1) is 5.47. The molecule has 0 bridgehead atoms. The van der Waals surface area contributed by atoms with Gasteiger partial charge in [0.15, 0.2) is 0 Å². The summed E-state index contributed by atoms with van der Waals surface area (Å²) in [7, 11) is 0. The minimum Gasteiger partial charge on any atom is -0.412 e. The Hall–Kier alpha value is -1.06. The van der Waals surface area contributed by atoms with Crippen LogP contribution in [0.1, 0.15) is 0 Å². The first kappa shape index (κ1) is 9.03. The van der Waals surface area contributed by atoms with Crippen LogP contribution < -0.4 is 10.2 Å². The Bertz CT molecular complexity index is 219. The van der Waals surface area contributed by atoms with Crippen LogP contribution in [0, 0.1) is 0 Å². The van der Waals surface area contributed by atoms with E-state index in [0.717, 1.165) is 19.8 Å². The highest BCUT2D eigenvalue weighted by Crippen LogP contribution is 2.12. The number of anilines is 1. The van der Waals surface area contributed by atoms with Crippen LogP contribution in [-0.2, 0) is 0 Å². The molecule has 1 aromatic rings. The Morgan fingerprint density at radius 3 is 2.50 bits per heavy atom. The molecule has 0 aromatic heterocycles. The molecule has 0 atom stereocenters. The molecule has 2 rings (SSSR count). The molecule has 0 aliphatic carbocycles. The van der Waals surface area contributed by atoms with Crippen molar-refractivity contribution in [2.75, 3.05) is 24.7 Å². The zero-order valence-electron chi connectivity index (χ0n) is 6.96. The SMILES string of the molecule is O.c1ccc(N2CCNC2)cc1. The lowest BCUT2D eigenvalue weighted by Gasteiger charge is -2.15. The first-order valence-corrected chi connectivity index (χ1v) is 3.97. The maximum Gasteiger partial charge on any atom is 0.0683 e. The summed E-state index contributed by atoms with van der Waals surface area (Å²) in [6.07, 6.45) is 0. The van der Waals surface area contributed by atoms with Crippen molar-refractivity contribution in [1.29, 1.82) is 0 Å². The third-order valence-corrected chi connectivity index (χ3v) is 1.98. The van der Waals surface area contributed by atoms with Gasteiger partial charge in [-0.3, -0.25) is 5.32 Å². The second kappa shape index (κ2) is 4.09. The highest BCUT2D eigenvalue weighted by atomic mass is 16.0. The van der Waals surface area contributed by atoms with E-state index >= 15 is 0 Å². The van der Waals surface area contributed by atoms with E-state index in [2.05, 4.69) is 34.5 Å². The maximum absolute atomic E-state index is 3.30. The van der Waals surface area contributed by atoms with E-state index in [1.807, 2.05) is 6.07 Å². The van der Waals surface area contributed by atoms with E-state index in [9.17, 15) is 0 Å². The molecule has 66 valence electrons. The second-order valence-electron chi connectivity index (χ2n) is 2.76. The fourth-order valence-corrected chi connectivity index (χ4v) is 1.37. The molecule has 1 saturated heterocycles. The van der Waals surface area contributed by atoms with E-state index < -0.39 is 0 Å². The van der Waals surface area contributed by atoms with Gasteiger partial charge in [-0.05, 0) is 12.1 Å². The Labute approximate surface area is 72.3 Å². The van der Waals surface area contributed by atoms with Gasteiger partial charge < -0.3 is 10.4 Å². The summed E-state index contributed by atoms with van der Waals surface area (Å²) in [5, 5.41) is 3.30. The zero-order chi connectivity index (χ0) is 7.52. The Kier molecular flexibility index (Phi) is 3.08. The van der Waals surface area contributed by atoms with Gasteiger partial charge in [0.05, 0.1) is 6.67 Å². The van der Waals surface area contributed by atoms with Gasteiger partial charge in [0.2, 0.25) is 0 Å². The van der Waals surface area contributed by atoms with Crippen LogP contribution in [0.3, 0.4) is 0 Å². The lowest BCUT2D eigenvalue weighted by molar-refractivity contribution is 0.824. The molecule has 0 radical (unpaired) electrons. The summed E-state index contributed by atoms with van der Waals surface area (Å²) in [5.41, 5.74) is 1.32. The molecule has 1 aliphatic rings. The average molecular weight is 166 g/mol. The van der Waals surface area contributed by atoms with Gasteiger partial charge in [0.1, 0.15) is 0 Å². The van der Waals surface area contributed by atoms with Crippen LogP contribution in [0.5, 0.6) is 0 Å². The maximum atomic E-state index is 3.30. The third kappa shape index (κ3) is 1.75. The van der Waals surface area contributed by atoms with Gasteiger partial charge in [-0.2, -0.15) is 0 Å². The molecule has 0 spiro atoms. The Morgan fingerprint density at radius 2 is 1.92 bits per heavy atom. The molecule has 0 saturated carbocycles. The fraction of sp³-hybridized carbons (Fsp3) is 0.333. The number of nitrogens with zero attached hydrogens (tertiary/aromatic N) is 1. The molecule has 1 heterocycles. The van der Waals surface area contributed by atoms with Gasteiger partial charge in [-0.25, -0.2) is 0 Å². The number of hydrogen-bond donors (Lipinski definition) is 1. The molecule has 12 heavy (non-hydrogen) atoms. The van der Waals surface area contributed by atoms with E-state index in [0.29, 0.717) is 0 Å². The normalized spacial score (nSPS) is 15.8. The molecule has 3 N–H and O–H groups in total. The minimum absolute atomic E-state index is 0. The van der Waals surface area contributed by atoms with Crippen LogP contribution in [0.25, 0.3) is 0 Å². The average Bonchev–Trinajstić information content (AvgIpc) is 2.58. The number of nitrogens with one attached hydrogen (secondary N) is 1. The number of rotatable bonds is 1. The largest absolute Gasteiger partial charge is 0.412 e. The summed E-state index contributed by atoms with van der Waals surface area (Å²) in [4.78, 5) is 2.33. The van der Waals surface area contributed by atoms with Crippen LogP contribution >= 0.6 is 0 Å². The predicted octanol–water partition coefficient (Wildman–Crippen LogP) is 0.229. The minimum atomic E-state index is 0. The summed E-state index contributed by atoms with van der Waals surface area (Å²) < 4.78 is 0. The van der Waals surface area contributed by atoms with Gasteiger partial charge in [0.25, 0.3) is 0 Å². The molecule has 1 aromatic carbocycles. The molecule has 3 heteroatoms. The van der Waals surface area contributed by atoms with E-state index in [-0.39, 0.29) is 5.48 Å². The van der Waals surface area contributed by atoms with Crippen molar-refractivity contribution < 1.29 is 5.48 Å². The van der Waals surface area contributed by atoms with Gasteiger partial charge >= 0.3 is 0 Å². The predicted molar refractivity (Wildman–Crippen MR) is 50.3 cm³/mol. The van der Waals surface area contributed by atoms with Crippen molar-refractivity contribution in [3.8, 4) is 0 Å². The van der Waals surface area contributed by atoms with Crippen LogP contribution in [0.4, 0.5) is 5.69 Å². The standard InChI is InChI=1S/C9H12N2.H2O/c1-2-4-9(5-3-1)11-7-6-10-8-11;/h1-5,10H,6-8H2;1H2. The lowest BCUT2D eigenvalue weighted by atomic mass is 10.3. The van der Waals surface area contributed by atoms with E-state index in [4.69, 9.17) is 0 Å². The molecular formula is C9H14N2O. The quantitative estimate of drug-likeness (QED) is 0.649. The van der Waals surface area contributed by atoms with Crippen molar-refractivity contribution in [2.24, 2.45) is 0 Å². The molecule has 0 unspecified atom stereocenters. The number of hydrogen-bond acceptors (Lipinski definition) is 2. The van der Waals surface area contributed by atoms with Crippen molar-refractivity contribution in [2.45, 2.75) is 0 Å². The summed E-state index contributed by atoms with van der Waals surface area (Å²) in [6, 6.07) is 10.5. The van der Waals surface area contributed by atoms with Gasteiger partial charge in [-0.1, -0.05) is 18.2 Å². The third-order valence-electron chi connectivity index (χ3n) is 1.98.